The summed E-state index contributed by atoms with van der Waals surface area (Å²) in [6.45, 7) is 6.26. The molecule has 2 atom stereocenters. The quantitative estimate of drug-likeness (QED) is 0.742. The van der Waals surface area contributed by atoms with Crippen molar-refractivity contribution in [3.63, 3.8) is 0 Å². The summed E-state index contributed by atoms with van der Waals surface area (Å²) in [6, 6.07) is 11.6. The summed E-state index contributed by atoms with van der Waals surface area (Å²) >= 11 is 0. The van der Waals surface area contributed by atoms with Crippen LogP contribution in [0.4, 0.5) is 0 Å². The fourth-order valence-corrected chi connectivity index (χ4v) is 3.29. The summed E-state index contributed by atoms with van der Waals surface area (Å²) in [5.74, 6) is 1.33. The molecule has 0 saturated carbocycles. The van der Waals surface area contributed by atoms with Gasteiger partial charge in [-0.25, -0.2) is 4.98 Å². The lowest BCUT2D eigenvalue weighted by Crippen LogP contribution is -2.35. The Morgan fingerprint density at radius 2 is 1.80 bits per heavy atom. The first-order valence-electron chi connectivity index (χ1n) is 8.81. The lowest BCUT2D eigenvalue weighted by molar-refractivity contribution is -0.125. The summed E-state index contributed by atoms with van der Waals surface area (Å²) in [5, 5.41) is 3.15. The molecule has 25 heavy (non-hydrogen) atoms. The highest BCUT2D eigenvalue weighted by Crippen LogP contribution is 2.22. The van der Waals surface area contributed by atoms with E-state index in [-0.39, 0.29) is 18.0 Å². The van der Waals surface area contributed by atoms with E-state index < -0.39 is 0 Å². The molecule has 3 aromatic rings. The molecule has 1 amide bonds. The highest BCUT2D eigenvalue weighted by molar-refractivity contribution is 5.81. The van der Waals surface area contributed by atoms with E-state index in [1.54, 1.807) is 0 Å². The van der Waals surface area contributed by atoms with Gasteiger partial charge in [-0.15, -0.1) is 0 Å². The fraction of sp³-hybridized carbons (Fsp3) is 0.400. The van der Waals surface area contributed by atoms with Crippen LogP contribution in [0.1, 0.15) is 45.1 Å². The lowest BCUT2D eigenvalue weighted by Gasteiger charge is -2.23. The van der Waals surface area contributed by atoms with E-state index in [2.05, 4.69) is 24.1 Å². The average molecular weight is 338 g/mol. The molecule has 5 nitrogen and oxygen atoms in total. The number of nitrogens with one attached hydrogen (secondary N) is 1. The largest absolute Gasteiger partial charge is 0.345 e. The van der Waals surface area contributed by atoms with Gasteiger partial charge >= 0.3 is 0 Å². The Morgan fingerprint density at radius 3 is 2.44 bits per heavy atom. The highest BCUT2D eigenvalue weighted by Gasteiger charge is 2.24. The number of imidazole rings is 1. The predicted octanol–water partition coefficient (Wildman–Crippen LogP) is 3.84. The van der Waals surface area contributed by atoms with Gasteiger partial charge in [0.15, 0.2) is 0 Å². The SMILES string of the molecule is CC(C)C[C@@H](C(=O)N[C@@H](C)c1nc2ccccc2n1C)n1cccc1. The third-order valence-corrected chi connectivity index (χ3v) is 4.55. The van der Waals surface area contributed by atoms with Gasteiger partial charge in [0.05, 0.1) is 17.1 Å². The molecule has 2 heterocycles. The van der Waals surface area contributed by atoms with Crippen molar-refractivity contribution in [2.75, 3.05) is 0 Å². The molecular weight excluding hydrogens is 312 g/mol. The van der Waals surface area contributed by atoms with Gasteiger partial charge in [-0.3, -0.25) is 4.79 Å². The first kappa shape index (κ1) is 17.3. The maximum absolute atomic E-state index is 12.9. The maximum atomic E-state index is 12.9. The van der Waals surface area contributed by atoms with Crippen LogP contribution in [0.25, 0.3) is 11.0 Å². The molecule has 5 heteroatoms. The van der Waals surface area contributed by atoms with Gasteiger partial charge in [0, 0.05) is 19.4 Å². The van der Waals surface area contributed by atoms with Crippen molar-refractivity contribution >= 4 is 16.9 Å². The Balaban J connectivity index is 1.81. The number of para-hydroxylation sites is 2. The fourth-order valence-electron chi connectivity index (χ4n) is 3.29. The molecule has 1 aromatic carbocycles. The molecule has 0 saturated heterocycles. The van der Waals surface area contributed by atoms with Crippen molar-refractivity contribution in [1.29, 1.82) is 0 Å². The van der Waals surface area contributed by atoms with Gasteiger partial charge in [-0.05, 0) is 43.5 Å². The number of aryl methyl sites for hydroxylation is 1. The second kappa shape index (κ2) is 7.13. The zero-order valence-electron chi connectivity index (χ0n) is 15.3. The summed E-state index contributed by atoms with van der Waals surface area (Å²) < 4.78 is 4.03. The van der Waals surface area contributed by atoms with Gasteiger partial charge in [-0.2, -0.15) is 0 Å². The predicted molar refractivity (Wildman–Crippen MR) is 100 cm³/mol. The molecule has 0 aliphatic carbocycles. The van der Waals surface area contributed by atoms with E-state index in [1.807, 2.05) is 71.9 Å². The van der Waals surface area contributed by atoms with E-state index in [9.17, 15) is 4.79 Å². The van der Waals surface area contributed by atoms with E-state index >= 15 is 0 Å². The number of amides is 1. The molecule has 0 bridgehead atoms. The van der Waals surface area contributed by atoms with Crippen LogP contribution in [0.15, 0.2) is 48.8 Å². The first-order chi connectivity index (χ1) is 12.0. The Hall–Kier alpha value is -2.56. The van der Waals surface area contributed by atoms with Crippen molar-refractivity contribution in [2.45, 2.75) is 39.3 Å². The Bertz CT molecular complexity index is 848. The molecule has 2 aromatic heterocycles. The van der Waals surface area contributed by atoms with Crippen LogP contribution in [-0.4, -0.2) is 20.0 Å². The minimum atomic E-state index is -0.202. The van der Waals surface area contributed by atoms with Gasteiger partial charge < -0.3 is 14.5 Å². The smallest absolute Gasteiger partial charge is 0.243 e. The number of carbonyl (C=O) groups excluding carboxylic acids is 1. The van der Waals surface area contributed by atoms with E-state index in [0.29, 0.717) is 5.92 Å². The van der Waals surface area contributed by atoms with Crippen LogP contribution in [-0.2, 0) is 11.8 Å². The number of rotatable bonds is 6. The Morgan fingerprint density at radius 1 is 1.12 bits per heavy atom. The normalized spacial score (nSPS) is 14.0. The molecule has 132 valence electrons. The van der Waals surface area contributed by atoms with E-state index in [4.69, 9.17) is 0 Å². The molecule has 0 fully saturated rings. The average Bonchev–Trinajstić information content (AvgIpc) is 3.21. The van der Waals surface area contributed by atoms with Crippen LogP contribution in [0.2, 0.25) is 0 Å². The van der Waals surface area contributed by atoms with E-state index in [0.717, 1.165) is 23.3 Å². The molecule has 0 unspecified atom stereocenters. The Kier molecular flexibility index (Phi) is 4.93. The van der Waals surface area contributed by atoms with Gasteiger partial charge in [0.1, 0.15) is 11.9 Å². The van der Waals surface area contributed by atoms with Gasteiger partial charge in [-0.1, -0.05) is 26.0 Å². The Labute approximate surface area is 148 Å². The monoisotopic (exact) mass is 338 g/mol. The van der Waals surface area contributed by atoms with Gasteiger partial charge in [0.2, 0.25) is 5.91 Å². The summed E-state index contributed by atoms with van der Waals surface area (Å²) in [4.78, 5) is 17.6. The lowest BCUT2D eigenvalue weighted by atomic mass is 10.0. The number of hydrogen-bond donors (Lipinski definition) is 1. The van der Waals surface area contributed by atoms with Crippen LogP contribution >= 0.6 is 0 Å². The topological polar surface area (TPSA) is 51.9 Å². The summed E-state index contributed by atoms with van der Waals surface area (Å²) in [6.07, 6.45) is 4.70. The van der Waals surface area contributed by atoms with E-state index in [1.165, 1.54) is 0 Å². The molecule has 0 radical (unpaired) electrons. The third kappa shape index (κ3) is 3.60. The first-order valence-corrected chi connectivity index (χ1v) is 8.81. The standard InChI is InChI=1S/C20H26N4O/c1-14(2)13-18(24-11-7-8-12-24)20(25)21-15(3)19-22-16-9-5-6-10-17(16)23(19)4/h5-12,14-15,18H,13H2,1-4H3,(H,21,25)/t15-,18-/m0/s1. The number of carbonyl (C=O) groups is 1. The minimum Gasteiger partial charge on any atom is -0.345 e. The van der Waals surface area contributed by atoms with Crippen molar-refractivity contribution in [1.82, 2.24) is 19.4 Å². The van der Waals surface area contributed by atoms with Crippen LogP contribution < -0.4 is 5.32 Å². The van der Waals surface area contributed by atoms with Crippen LogP contribution in [0.3, 0.4) is 0 Å². The van der Waals surface area contributed by atoms with Crippen molar-refractivity contribution in [3.05, 3.63) is 54.6 Å². The second-order valence-electron chi connectivity index (χ2n) is 7.02. The zero-order valence-corrected chi connectivity index (χ0v) is 15.3. The molecule has 0 aliphatic rings. The van der Waals surface area contributed by atoms with Crippen LogP contribution in [0.5, 0.6) is 0 Å². The van der Waals surface area contributed by atoms with Crippen LogP contribution in [0, 0.1) is 5.92 Å². The zero-order chi connectivity index (χ0) is 18.0. The van der Waals surface area contributed by atoms with Crippen molar-refractivity contribution in [2.24, 2.45) is 13.0 Å². The molecular formula is C20H26N4O. The maximum Gasteiger partial charge on any atom is 0.243 e. The number of aromatic nitrogens is 3. The summed E-state index contributed by atoms with van der Waals surface area (Å²) in [5.41, 5.74) is 2.02. The number of nitrogens with zero attached hydrogens (tertiary/aromatic N) is 3. The molecule has 0 aliphatic heterocycles. The van der Waals surface area contributed by atoms with Crippen molar-refractivity contribution in [3.8, 4) is 0 Å². The van der Waals surface area contributed by atoms with Gasteiger partial charge in [0.25, 0.3) is 0 Å². The second-order valence-corrected chi connectivity index (χ2v) is 7.02. The van der Waals surface area contributed by atoms with Crippen molar-refractivity contribution < 1.29 is 4.79 Å². The molecule has 0 spiro atoms. The minimum absolute atomic E-state index is 0.0319. The molecule has 3 rings (SSSR count). The number of hydrogen-bond acceptors (Lipinski definition) is 2. The summed E-state index contributed by atoms with van der Waals surface area (Å²) in [7, 11) is 1.99. The third-order valence-electron chi connectivity index (χ3n) is 4.55. The number of fused-ring (bicyclic) bond motifs is 1. The highest BCUT2D eigenvalue weighted by atomic mass is 16.2. The number of benzene rings is 1. The molecule has 1 N–H and O–H groups in total.